The highest BCUT2D eigenvalue weighted by molar-refractivity contribution is 6.04. The fourth-order valence-electron chi connectivity index (χ4n) is 2.53. The Morgan fingerprint density at radius 3 is 2.14 bits per heavy atom. The lowest BCUT2D eigenvalue weighted by Gasteiger charge is -2.09. The van der Waals surface area contributed by atoms with Crippen LogP contribution in [-0.4, -0.2) is 30.9 Å². The first-order valence-electron chi connectivity index (χ1n) is 9.27. The van der Waals surface area contributed by atoms with Crippen molar-refractivity contribution in [1.29, 1.82) is 0 Å². The molecule has 146 valence electrons. The molecular formula is C21H23N3O4. The third kappa shape index (κ3) is 5.57. The summed E-state index contributed by atoms with van der Waals surface area (Å²) in [5.41, 5.74) is 1.78. The molecule has 1 aliphatic carbocycles. The van der Waals surface area contributed by atoms with E-state index in [4.69, 9.17) is 4.74 Å². The maximum Gasteiger partial charge on any atom is 0.257 e. The summed E-state index contributed by atoms with van der Waals surface area (Å²) in [4.78, 5) is 35.5. The van der Waals surface area contributed by atoms with Crippen LogP contribution in [-0.2, 0) is 9.59 Å². The number of likely N-dealkylation sites (N-methyl/N-ethyl adjacent to an activating group) is 1. The maximum absolute atomic E-state index is 12.4. The summed E-state index contributed by atoms with van der Waals surface area (Å²) in [5.74, 6) is 0.273. The van der Waals surface area contributed by atoms with Crippen LogP contribution in [0, 0.1) is 5.92 Å². The summed E-state index contributed by atoms with van der Waals surface area (Å²) in [6.45, 7) is 2.34. The van der Waals surface area contributed by atoms with Crippen molar-refractivity contribution in [2.75, 3.05) is 23.8 Å². The minimum atomic E-state index is -0.254. The third-order valence-electron chi connectivity index (χ3n) is 4.22. The van der Waals surface area contributed by atoms with Crippen molar-refractivity contribution >= 4 is 29.1 Å². The molecule has 0 saturated heterocycles. The predicted octanol–water partition coefficient (Wildman–Crippen LogP) is 2.80. The second-order valence-corrected chi connectivity index (χ2v) is 6.56. The topological polar surface area (TPSA) is 96.5 Å². The number of anilines is 2. The monoisotopic (exact) mass is 381 g/mol. The molecule has 1 fully saturated rings. The Labute approximate surface area is 163 Å². The average molecular weight is 381 g/mol. The van der Waals surface area contributed by atoms with Gasteiger partial charge in [0.1, 0.15) is 5.75 Å². The smallest absolute Gasteiger partial charge is 0.257 e. The molecule has 2 aromatic rings. The molecule has 7 nitrogen and oxygen atoms in total. The van der Waals surface area contributed by atoms with Crippen LogP contribution in [0.3, 0.4) is 0 Å². The highest BCUT2D eigenvalue weighted by atomic mass is 16.5. The predicted molar refractivity (Wildman–Crippen MR) is 106 cm³/mol. The van der Waals surface area contributed by atoms with E-state index in [9.17, 15) is 14.4 Å². The van der Waals surface area contributed by atoms with Gasteiger partial charge in [-0.1, -0.05) is 0 Å². The lowest BCUT2D eigenvalue weighted by atomic mass is 10.2. The molecule has 1 aliphatic rings. The third-order valence-corrected chi connectivity index (χ3v) is 4.22. The van der Waals surface area contributed by atoms with E-state index in [2.05, 4.69) is 16.0 Å². The lowest BCUT2D eigenvalue weighted by molar-refractivity contribution is -0.123. The van der Waals surface area contributed by atoms with Gasteiger partial charge in [0.25, 0.3) is 11.8 Å². The van der Waals surface area contributed by atoms with E-state index in [0.29, 0.717) is 29.2 Å². The number of nitrogens with one attached hydrogen (secondary N) is 3. The first-order valence-corrected chi connectivity index (χ1v) is 9.27. The van der Waals surface area contributed by atoms with Gasteiger partial charge in [-0.3, -0.25) is 14.4 Å². The van der Waals surface area contributed by atoms with Crippen molar-refractivity contribution in [3.63, 3.8) is 0 Å². The SMILES string of the molecule is CCNC(=O)COc1ccc(NC(=O)c2ccc(NC(=O)C3CC3)cc2)cc1. The molecule has 0 unspecified atom stereocenters. The summed E-state index contributed by atoms with van der Waals surface area (Å²) in [6.07, 6.45) is 1.89. The van der Waals surface area contributed by atoms with Crippen LogP contribution in [0.4, 0.5) is 11.4 Å². The summed E-state index contributed by atoms with van der Waals surface area (Å²) in [5, 5.41) is 8.29. The van der Waals surface area contributed by atoms with Crippen LogP contribution in [0.5, 0.6) is 5.75 Å². The number of rotatable bonds is 8. The zero-order valence-electron chi connectivity index (χ0n) is 15.7. The largest absolute Gasteiger partial charge is 0.484 e. The molecule has 0 atom stereocenters. The van der Waals surface area contributed by atoms with E-state index in [1.54, 1.807) is 48.5 Å². The molecule has 0 heterocycles. The van der Waals surface area contributed by atoms with Crippen LogP contribution in [0.2, 0.25) is 0 Å². The maximum atomic E-state index is 12.4. The van der Waals surface area contributed by atoms with Crippen molar-refractivity contribution in [3.05, 3.63) is 54.1 Å². The molecule has 3 N–H and O–H groups in total. The zero-order valence-corrected chi connectivity index (χ0v) is 15.7. The van der Waals surface area contributed by atoms with Crippen molar-refractivity contribution in [1.82, 2.24) is 5.32 Å². The van der Waals surface area contributed by atoms with Crippen LogP contribution < -0.4 is 20.7 Å². The van der Waals surface area contributed by atoms with E-state index in [1.807, 2.05) is 6.92 Å². The van der Waals surface area contributed by atoms with Gasteiger partial charge in [-0.2, -0.15) is 0 Å². The van der Waals surface area contributed by atoms with E-state index in [1.165, 1.54) is 0 Å². The van der Waals surface area contributed by atoms with Crippen molar-refractivity contribution in [3.8, 4) is 5.75 Å². The molecule has 0 radical (unpaired) electrons. The Hall–Kier alpha value is -3.35. The fraction of sp³-hybridized carbons (Fsp3) is 0.286. The number of ether oxygens (including phenoxy) is 1. The Morgan fingerprint density at radius 2 is 1.54 bits per heavy atom. The molecule has 0 aromatic heterocycles. The summed E-state index contributed by atoms with van der Waals surface area (Å²) in [6, 6.07) is 13.5. The minimum Gasteiger partial charge on any atom is -0.484 e. The van der Waals surface area contributed by atoms with Crippen molar-refractivity contribution < 1.29 is 19.1 Å². The van der Waals surface area contributed by atoms with E-state index in [-0.39, 0.29) is 30.2 Å². The lowest BCUT2D eigenvalue weighted by Crippen LogP contribution is -2.28. The van der Waals surface area contributed by atoms with E-state index >= 15 is 0 Å². The first kappa shape index (κ1) is 19.4. The molecule has 0 aliphatic heterocycles. The number of carbonyl (C=O) groups is 3. The highest BCUT2D eigenvalue weighted by Crippen LogP contribution is 2.30. The molecular weight excluding hydrogens is 358 g/mol. The second-order valence-electron chi connectivity index (χ2n) is 6.56. The van der Waals surface area contributed by atoms with Crippen LogP contribution >= 0.6 is 0 Å². The number of benzene rings is 2. The average Bonchev–Trinajstić information content (AvgIpc) is 3.54. The molecule has 0 spiro atoms. The quantitative estimate of drug-likeness (QED) is 0.655. The van der Waals surface area contributed by atoms with Gasteiger partial charge in [-0.05, 0) is 68.3 Å². The van der Waals surface area contributed by atoms with Crippen molar-refractivity contribution in [2.24, 2.45) is 5.92 Å². The molecule has 2 aromatic carbocycles. The number of carbonyl (C=O) groups excluding carboxylic acids is 3. The Bertz CT molecular complexity index is 843. The normalized spacial score (nSPS) is 12.8. The van der Waals surface area contributed by atoms with Gasteiger partial charge in [0.15, 0.2) is 6.61 Å². The second kappa shape index (κ2) is 9.03. The van der Waals surface area contributed by atoms with Crippen LogP contribution in [0.1, 0.15) is 30.1 Å². The molecule has 1 saturated carbocycles. The minimum absolute atomic E-state index is 0.0340. The van der Waals surface area contributed by atoms with E-state index in [0.717, 1.165) is 12.8 Å². The summed E-state index contributed by atoms with van der Waals surface area (Å²) in [7, 11) is 0. The van der Waals surface area contributed by atoms with Gasteiger partial charge in [0.05, 0.1) is 0 Å². The molecule has 0 bridgehead atoms. The van der Waals surface area contributed by atoms with Crippen LogP contribution in [0.25, 0.3) is 0 Å². The van der Waals surface area contributed by atoms with Gasteiger partial charge in [-0.15, -0.1) is 0 Å². The van der Waals surface area contributed by atoms with Gasteiger partial charge < -0.3 is 20.7 Å². The summed E-state index contributed by atoms with van der Waals surface area (Å²) < 4.78 is 5.37. The van der Waals surface area contributed by atoms with Crippen LogP contribution in [0.15, 0.2) is 48.5 Å². The number of amides is 3. The molecule has 7 heteroatoms. The standard InChI is InChI=1S/C21H23N3O4/c1-2-22-19(25)13-28-18-11-9-17(10-12-18)24-21(27)15-5-7-16(8-6-15)23-20(26)14-3-4-14/h5-12,14H,2-4,13H2,1H3,(H,22,25)(H,23,26)(H,24,27). The number of hydrogen-bond donors (Lipinski definition) is 3. The Morgan fingerprint density at radius 1 is 0.929 bits per heavy atom. The van der Waals surface area contributed by atoms with E-state index < -0.39 is 0 Å². The Balaban J connectivity index is 1.51. The highest BCUT2D eigenvalue weighted by Gasteiger charge is 2.29. The van der Waals surface area contributed by atoms with Crippen molar-refractivity contribution in [2.45, 2.75) is 19.8 Å². The van der Waals surface area contributed by atoms with Gasteiger partial charge in [0, 0.05) is 29.4 Å². The molecule has 28 heavy (non-hydrogen) atoms. The number of hydrogen-bond acceptors (Lipinski definition) is 4. The molecule has 3 amide bonds. The fourth-order valence-corrected chi connectivity index (χ4v) is 2.53. The van der Waals surface area contributed by atoms with Gasteiger partial charge >= 0.3 is 0 Å². The molecule has 3 rings (SSSR count). The van der Waals surface area contributed by atoms with Gasteiger partial charge in [-0.25, -0.2) is 0 Å². The van der Waals surface area contributed by atoms with Gasteiger partial charge in [0.2, 0.25) is 5.91 Å². The zero-order chi connectivity index (χ0) is 19.9. The Kier molecular flexibility index (Phi) is 6.26. The first-order chi connectivity index (χ1) is 13.5. The summed E-state index contributed by atoms with van der Waals surface area (Å²) >= 11 is 0.